The van der Waals surface area contributed by atoms with Crippen LogP contribution in [0.5, 0.6) is 5.75 Å². The smallest absolute Gasteiger partial charge is 0.228 e. The van der Waals surface area contributed by atoms with Crippen molar-refractivity contribution in [1.82, 2.24) is 5.32 Å². The first-order valence-electron chi connectivity index (χ1n) is 6.46. The van der Waals surface area contributed by atoms with Crippen LogP contribution in [0.15, 0.2) is 18.2 Å². The Labute approximate surface area is 119 Å². The summed E-state index contributed by atoms with van der Waals surface area (Å²) in [4.78, 5) is 12.0. The molecular formula is C14H21ClN2O2. The average Bonchev–Trinajstić information content (AvgIpc) is 2.38. The van der Waals surface area contributed by atoms with E-state index in [9.17, 15) is 4.79 Å². The van der Waals surface area contributed by atoms with Crippen LogP contribution in [0.2, 0.25) is 5.02 Å². The van der Waals surface area contributed by atoms with Gasteiger partial charge in [-0.3, -0.25) is 4.79 Å². The largest absolute Gasteiger partial charge is 0.491 e. The third-order valence-electron chi connectivity index (χ3n) is 2.62. The second kappa shape index (κ2) is 8.02. The summed E-state index contributed by atoms with van der Waals surface area (Å²) in [6.45, 7) is 5.13. The van der Waals surface area contributed by atoms with Gasteiger partial charge in [0.15, 0.2) is 0 Å². The minimum absolute atomic E-state index is 0.0574. The highest BCUT2D eigenvalue weighted by Gasteiger charge is 2.14. The Morgan fingerprint density at radius 3 is 2.84 bits per heavy atom. The Bertz CT molecular complexity index is 424. The molecule has 5 heteroatoms. The number of anilines is 1. The highest BCUT2D eigenvalue weighted by Crippen LogP contribution is 2.28. The SMILES string of the molecule is CCCOc1ccc(Cl)cc1NC(=O)C(C)CNC. The van der Waals surface area contributed by atoms with Crippen molar-refractivity contribution >= 4 is 23.2 Å². The maximum Gasteiger partial charge on any atom is 0.228 e. The number of benzene rings is 1. The zero-order valence-electron chi connectivity index (χ0n) is 11.6. The van der Waals surface area contributed by atoms with Gasteiger partial charge in [-0.2, -0.15) is 0 Å². The van der Waals surface area contributed by atoms with Gasteiger partial charge in [-0.05, 0) is 31.7 Å². The van der Waals surface area contributed by atoms with E-state index >= 15 is 0 Å². The highest BCUT2D eigenvalue weighted by atomic mass is 35.5. The summed E-state index contributed by atoms with van der Waals surface area (Å²) in [7, 11) is 1.82. The number of rotatable bonds is 7. The van der Waals surface area contributed by atoms with E-state index in [1.165, 1.54) is 0 Å². The number of hydrogen-bond donors (Lipinski definition) is 2. The van der Waals surface area contributed by atoms with Crippen LogP contribution < -0.4 is 15.4 Å². The van der Waals surface area contributed by atoms with Crippen molar-refractivity contribution in [2.45, 2.75) is 20.3 Å². The van der Waals surface area contributed by atoms with Gasteiger partial charge >= 0.3 is 0 Å². The van der Waals surface area contributed by atoms with E-state index in [2.05, 4.69) is 10.6 Å². The lowest BCUT2D eigenvalue weighted by Gasteiger charge is -2.15. The molecule has 1 aromatic rings. The number of hydrogen-bond acceptors (Lipinski definition) is 3. The first-order valence-corrected chi connectivity index (χ1v) is 6.84. The predicted molar refractivity (Wildman–Crippen MR) is 79.0 cm³/mol. The third-order valence-corrected chi connectivity index (χ3v) is 2.85. The lowest BCUT2D eigenvalue weighted by atomic mass is 10.1. The Morgan fingerprint density at radius 1 is 1.47 bits per heavy atom. The van der Waals surface area contributed by atoms with Crippen LogP contribution >= 0.6 is 11.6 Å². The fourth-order valence-corrected chi connectivity index (χ4v) is 1.76. The van der Waals surface area contributed by atoms with Crippen LogP contribution in [-0.4, -0.2) is 26.1 Å². The zero-order valence-corrected chi connectivity index (χ0v) is 12.4. The van der Waals surface area contributed by atoms with E-state index in [-0.39, 0.29) is 11.8 Å². The van der Waals surface area contributed by atoms with E-state index in [1.807, 2.05) is 20.9 Å². The van der Waals surface area contributed by atoms with Crippen molar-refractivity contribution in [3.05, 3.63) is 23.2 Å². The summed E-state index contributed by atoms with van der Waals surface area (Å²) in [6, 6.07) is 5.23. The summed E-state index contributed by atoms with van der Waals surface area (Å²) < 4.78 is 5.59. The standard InChI is InChI=1S/C14H21ClN2O2/c1-4-7-19-13-6-5-11(15)8-12(13)17-14(18)10(2)9-16-3/h5-6,8,10,16H,4,7,9H2,1-3H3,(H,17,18). The van der Waals surface area contributed by atoms with Crippen LogP contribution in [0.3, 0.4) is 0 Å². The molecule has 0 aromatic heterocycles. The normalized spacial score (nSPS) is 12.0. The summed E-state index contributed by atoms with van der Waals surface area (Å²) in [5.41, 5.74) is 0.619. The van der Waals surface area contributed by atoms with E-state index in [0.29, 0.717) is 29.6 Å². The number of amides is 1. The van der Waals surface area contributed by atoms with E-state index in [4.69, 9.17) is 16.3 Å². The van der Waals surface area contributed by atoms with Crippen molar-refractivity contribution in [1.29, 1.82) is 0 Å². The monoisotopic (exact) mass is 284 g/mol. The average molecular weight is 285 g/mol. The first kappa shape index (κ1) is 15.8. The van der Waals surface area contributed by atoms with Gasteiger partial charge in [0.05, 0.1) is 12.3 Å². The van der Waals surface area contributed by atoms with Gasteiger partial charge in [0, 0.05) is 17.5 Å². The molecule has 19 heavy (non-hydrogen) atoms. The maximum absolute atomic E-state index is 12.0. The van der Waals surface area contributed by atoms with Crippen molar-refractivity contribution < 1.29 is 9.53 Å². The van der Waals surface area contributed by atoms with Crippen LogP contribution in [-0.2, 0) is 4.79 Å². The summed E-state index contributed by atoms with van der Waals surface area (Å²) in [5.74, 6) is 0.470. The van der Waals surface area contributed by atoms with Gasteiger partial charge < -0.3 is 15.4 Å². The number of nitrogens with one attached hydrogen (secondary N) is 2. The molecule has 0 heterocycles. The molecule has 1 aromatic carbocycles. The summed E-state index contributed by atoms with van der Waals surface area (Å²) >= 11 is 5.96. The van der Waals surface area contributed by atoms with E-state index in [0.717, 1.165) is 6.42 Å². The molecule has 1 amide bonds. The first-order chi connectivity index (χ1) is 9.08. The van der Waals surface area contributed by atoms with Gasteiger partial charge in [-0.1, -0.05) is 25.4 Å². The molecule has 0 aliphatic rings. The van der Waals surface area contributed by atoms with E-state index in [1.54, 1.807) is 18.2 Å². The van der Waals surface area contributed by atoms with Gasteiger partial charge in [-0.25, -0.2) is 0 Å². The number of ether oxygens (including phenoxy) is 1. The Balaban J connectivity index is 2.79. The molecule has 0 radical (unpaired) electrons. The number of carbonyl (C=O) groups excluding carboxylic acids is 1. The quantitative estimate of drug-likeness (QED) is 0.809. The molecule has 1 rings (SSSR count). The summed E-state index contributed by atoms with van der Waals surface area (Å²) in [6.07, 6.45) is 0.909. The van der Waals surface area contributed by atoms with Gasteiger partial charge in [-0.15, -0.1) is 0 Å². The van der Waals surface area contributed by atoms with Crippen molar-refractivity contribution in [3.8, 4) is 5.75 Å². The molecule has 0 bridgehead atoms. The van der Waals surface area contributed by atoms with Crippen LogP contribution in [0.4, 0.5) is 5.69 Å². The van der Waals surface area contributed by atoms with Crippen LogP contribution in [0, 0.1) is 5.92 Å². The van der Waals surface area contributed by atoms with Crippen molar-refractivity contribution in [3.63, 3.8) is 0 Å². The maximum atomic E-state index is 12.0. The summed E-state index contributed by atoms with van der Waals surface area (Å²) in [5, 5.41) is 6.40. The second-order valence-electron chi connectivity index (χ2n) is 4.44. The fraction of sp³-hybridized carbons (Fsp3) is 0.500. The molecular weight excluding hydrogens is 264 g/mol. The molecule has 4 nitrogen and oxygen atoms in total. The fourth-order valence-electron chi connectivity index (χ4n) is 1.59. The lowest BCUT2D eigenvalue weighted by molar-refractivity contribution is -0.119. The topological polar surface area (TPSA) is 50.4 Å². The highest BCUT2D eigenvalue weighted by molar-refractivity contribution is 6.31. The molecule has 0 fully saturated rings. The minimum Gasteiger partial charge on any atom is -0.491 e. The minimum atomic E-state index is -0.122. The number of carbonyl (C=O) groups is 1. The number of halogens is 1. The predicted octanol–water partition coefficient (Wildman–Crippen LogP) is 2.92. The second-order valence-corrected chi connectivity index (χ2v) is 4.87. The van der Waals surface area contributed by atoms with Crippen LogP contribution in [0.1, 0.15) is 20.3 Å². The Kier molecular flexibility index (Phi) is 6.67. The van der Waals surface area contributed by atoms with Gasteiger partial charge in [0.2, 0.25) is 5.91 Å². The van der Waals surface area contributed by atoms with Gasteiger partial charge in [0.1, 0.15) is 5.75 Å². The van der Waals surface area contributed by atoms with E-state index < -0.39 is 0 Å². The molecule has 1 atom stereocenters. The third kappa shape index (κ3) is 5.09. The van der Waals surface area contributed by atoms with Gasteiger partial charge in [0.25, 0.3) is 0 Å². The molecule has 2 N–H and O–H groups in total. The molecule has 0 saturated heterocycles. The lowest BCUT2D eigenvalue weighted by Crippen LogP contribution is -2.28. The molecule has 0 saturated carbocycles. The van der Waals surface area contributed by atoms with Crippen LogP contribution in [0.25, 0.3) is 0 Å². The molecule has 1 unspecified atom stereocenters. The van der Waals surface area contributed by atoms with Crippen molar-refractivity contribution in [2.75, 3.05) is 25.5 Å². The van der Waals surface area contributed by atoms with Crippen molar-refractivity contribution in [2.24, 2.45) is 5.92 Å². The molecule has 106 valence electrons. The molecule has 0 aliphatic heterocycles. The molecule has 0 aliphatic carbocycles. The zero-order chi connectivity index (χ0) is 14.3. The molecule has 0 spiro atoms. The Hall–Kier alpha value is -1.26. The Morgan fingerprint density at radius 2 is 2.21 bits per heavy atom.